The van der Waals surface area contributed by atoms with Crippen molar-refractivity contribution in [3.63, 3.8) is 0 Å². The molecule has 4 nitrogen and oxygen atoms in total. The van der Waals surface area contributed by atoms with E-state index in [9.17, 15) is 9.59 Å². The lowest BCUT2D eigenvalue weighted by molar-refractivity contribution is 0.0790. The molecule has 0 saturated heterocycles. The number of hydrogen-bond acceptors (Lipinski definition) is 4. The van der Waals surface area contributed by atoms with Crippen molar-refractivity contribution in [1.82, 2.24) is 4.90 Å². The normalized spacial score (nSPS) is 11.2. The average Bonchev–Trinajstić information content (AvgIpc) is 3.09. The number of carbonyl (C=O) groups is 1. The van der Waals surface area contributed by atoms with Crippen LogP contribution in [0.25, 0.3) is 21.1 Å². The minimum Gasteiger partial charge on any atom is -0.422 e. The second-order valence-corrected chi connectivity index (χ2v) is 7.44. The van der Waals surface area contributed by atoms with Gasteiger partial charge in [0.1, 0.15) is 5.58 Å². The van der Waals surface area contributed by atoms with Gasteiger partial charge in [-0.3, -0.25) is 4.79 Å². The van der Waals surface area contributed by atoms with Gasteiger partial charge in [-0.15, -0.1) is 11.3 Å². The van der Waals surface area contributed by atoms with Gasteiger partial charge in [0.2, 0.25) is 0 Å². The number of carbonyl (C=O) groups excluding carboxylic acids is 1. The van der Waals surface area contributed by atoms with Crippen LogP contribution >= 0.6 is 11.3 Å². The number of fused-ring (bicyclic) bond motifs is 3. The minimum absolute atomic E-state index is 0.102. The third kappa shape index (κ3) is 2.91. The Morgan fingerprint density at radius 3 is 2.62 bits per heavy atom. The van der Waals surface area contributed by atoms with E-state index in [2.05, 4.69) is 0 Å². The van der Waals surface area contributed by atoms with Crippen LogP contribution in [0.5, 0.6) is 0 Å². The Kier molecular flexibility index (Phi) is 4.09. The summed E-state index contributed by atoms with van der Waals surface area (Å²) < 4.78 is 6.21. The number of thiophene rings is 1. The van der Waals surface area contributed by atoms with Crippen LogP contribution in [0.3, 0.4) is 0 Å². The zero-order valence-corrected chi connectivity index (χ0v) is 15.3. The largest absolute Gasteiger partial charge is 0.422 e. The molecule has 0 atom stereocenters. The summed E-state index contributed by atoms with van der Waals surface area (Å²) in [4.78, 5) is 27.3. The van der Waals surface area contributed by atoms with E-state index in [1.165, 1.54) is 11.3 Å². The SMILES string of the molecule is Cc1ccc2oc(=O)c3cc(C(=O)N(C)Cc4ccccc4)sc3c2c1. The Morgan fingerprint density at radius 1 is 1.08 bits per heavy atom. The molecule has 4 rings (SSSR count). The lowest BCUT2D eigenvalue weighted by atomic mass is 10.1. The molecule has 0 bridgehead atoms. The number of benzene rings is 2. The van der Waals surface area contributed by atoms with Crippen LogP contribution in [0.15, 0.2) is 63.8 Å². The summed E-state index contributed by atoms with van der Waals surface area (Å²) in [6.45, 7) is 2.51. The first kappa shape index (κ1) is 16.5. The molecule has 0 radical (unpaired) electrons. The quantitative estimate of drug-likeness (QED) is 0.500. The maximum absolute atomic E-state index is 12.8. The number of amides is 1. The van der Waals surface area contributed by atoms with Gasteiger partial charge in [-0.25, -0.2) is 4.79 Å². The summed E-state index contributed by atoms with van der Waals surface area (Å²) in [5, 5.41) is 1.33. The molecule has 5 heteroatoms. The summed E-state index contributed by atoms with van der Waals surface area (Å²) in [5.74, 6) is -0.102. The van der Waals surface area contributed by atoms with Crippen LogP contribution < -0.4 is 5.63 Å². The molecule has 0 N–H and O–H groups in total. The minimum atomic E-state index is -0.405. The summed E-state index contributed by atoms with van der Waals surface area (Å²) in [6.07, 6.45) is 0. The van der Waals surface area contributed by atoms with Crippen LogP contribution in [-0.4, -0.2) is 17.9 Å². The highest BCUT2D eigenvalue weighted by atomic mass is 32.1. The number of nitrogens with zero attached hydrogens (tertiary/aromatic N) is 1. The fraction of sp³-hybridized carbons (Fsp3) is 0.143. The lowest BCUT2D eigenvalue weighted by Crippen LogP contribution is -2.25. The number of rotatable bonds is 3. The van der Waals surface area contributed by atoms with E-state index in [4.69, 9.17) is 4.42 Å². The molecule has 0 fully saturated rings. The van der Waals surface area contributed by atoms with Crippen molar-refractivity contribution in [2.75, 3.05) is 7.05 Å². The van der Waals surface area contributed by atoms with Gasteiger partial charge in [0, 0.05) is 19.0 Å². The Labute approximate surface area is 154 Å². The molecule has 0 saturated carbocycles. The first-order valence-electron chi connectivity index (χ1n) is 8.29. The highest BCUT2D eigenvalue weighted by molar-refractivity contribution is 7.21. The molecule has 26 heavy (non-hydrogen) atoms. The highest BCUT2D eigenvalue weighted by Gasteiger charge is 2.19. The fourth-order valence-corrected chi connectivity index (χ4v) is 4.19. The van der Waals surface area contributed by atoms with Crippen LogP contribution in [0.4, 0.5) is 0 Å². The van der Waals surface area contributed by atoms with Crippen molar-refractivity contribution < 1.29 is 9.21 Å². The van der Waals surface area contributed by atoms with Crippen molar-refractivity contribution >= 4 is 38.3 Å². The second-order valence-electron chi connectivity index (χ2n) is 6.39. The van der Waals surface area contributed by atoms with E-state index in [-0.39, 0.29) is 5.91 Å². The Hall–Kier alpha value is -2.92. The van der Waals surface area contributed by atoms with Gasteiger partial charge >= 0.3 is 5.63 Å². The van der Waals surface area contributed by atoms with Gasteiger partial charge < -0.3 is 9.32 Å². The third-order valence-corrected chi connectivity index (χ3v) is 5.51. The monoisotopic (exact) mass is 363 g/mol. The molecule has 4 aromatic rings. The maximum atomic E-state index is 12.8. The maximum Gasteiger partial charge on any atom is 0.345 e. The Bertz CT molecular complexity index is 1170. The predicted molar refractivity (Wildman–Crippen MR) is 105 cm³/mol. The molecular weight excluding hydrogens is 346 g/mol. The summed E-state index contributed by atoms with van der Waals surface area (Å²) in [7, 11) is 1.77. The first-order valence-corrected chi connectivity index (χ1v) is 9.11. The van der Waals surface area contributed by atoms with Gasteiger partial charge in [-0.05, 0) is 30.7 Å². The highest BCUT2D eigenvalue weighted by Crippen LogP contribution is 2.31. The zero-order chi connectivity index (χ0) is 18.3. The zero-order valence-electron chi connectivity index (χ0n) is 14.5. The summed E-state index contributed by atoms with van der Waals surface area (Å²) in [5.41, 5.74) is 2.28. The van der Waals surface area contributed by atoms with Crippen molar-refractivity contribution in [1.29, 1.82) is 0 Å². The van der Waals surface area contributed by atoms with E-state index in [0.29, 0.717) is 22.4 Å². The third-order valence-electron chi connectivity index (χ3n) is 4.35. The smallest absolute Gasteiger partial charge is 0.345 e. The average molecular weight is 363 g/mol. The van der Waals surface area contributed by atoms with E-state index >= 15 is 0 Å². The van der Waals surface area contributed by atoms with E-state index in [1.54, 1.807) is 24.1 Å². The number of hydrogen-bond donors (Lipinski definition) is 0. The second kappa shape index (κ2) is 6.42. The van der Waals surface area contributed by atoms with Crippen LogP contribution in [0.2, 0.25) is 0 Å². The molecule has 0 aliphatic heterocycles. The van der Waals surface area contributed by atoms with Gasteiger partial charge in [-0.1, -0.05) is 42.0 Å². The lowest BCUT2D eigenvalue weighted by Gasteiger charge is -2.16. The summed E-state index contributed by atoms with van der Waals surface area (Å²) in [6, 6.07) is 17.2. The Balaban J connectivity index is 1.76. The molecule has 2 aromatic heterocycles. The summed E-state index contributed by atoms with van der Waals surface area (Å²) >= 11 is 1.35. The fourth-order valence-electron chi connectivity index (χ4n) is 3.03. The molecule has 0 aliphatic carbocycles. The van der Waals surface area contributed by atoms with Crippen LogP contribution in [0.1, 0.15) is 20.8 Å². The van der Waals surface area contributed by atoms with Crippen LogP contribution in [-0.2, 0) is 6.54 Å². The molecule has 0 unspecified atom stereocenters. The van der Waals surface area contributed by atoms with Gasteiger partial charge in [0.15, 0.2) is 0 Å². The van der Waals surface area contributed by atoms with Crippen molar-refractivity contribution in [2.24, 2.45) is 0 Å². The van der Waals surface area contributed by atoms with E-state index in [0.717, 1.165) is 21.2 Å². The van der Waals surface area contributed by atoms with E-state index in [1.807, 2.05) is 49.4 Å². The van der Waals surface area contributed by atoms with Crippen molar-refractivity contribution in [2.45, 2.75) is 13.5 Å². The Morgan fingerprint density at radius 2 is 1.85 bits per heavy atom. The van der Waals surface area contributed by atoms with Crippen molar-refractivity contribution in [3.8, 4) is 0 Å². The molecule has 0 spiro atoms. The van der Waals surface area contributed by atoms with Crippen molar-refractivity contribution in [3.05, 3.63) is 81.0 Å². The predicted octanol–water partition coefficient (Wildman–Crippen LogP) is 4.59. The topological polar surface area (TPSA) is 50.5 Å². The van der Waals surface area contributed by atoms with Gasteiger partial charge in [-0.2, -0.15) is 0 Å². The molecule has 0 aliphatic rings. The molecule has 2 heterocycles. The molecule has 130 valence electrons. The van der Waals surface area contributed by atoms with E-state index < -0.39 is 5.63 Å². The van der Waals surface area contributed by atoms with Gasteiger partial charge in [0.25, 0.3) is 5.91 Å². The number of aryl methyl sites for hydroxylation is 1. The van der Waals surface area contributed by atoms with Crippen LogP contribution in [0, 0.1) is 6.92 Å². The molecular formula is C21H17NO3S. The first-order chi connectivity index (χ1) is 12.5. The molecule has 2 aromatic carbocycles. The standard InChI is InChI=1S/C21H17NO3S/c1-13-8-9-17-15(10-13)19-16(21(24)25-17)11-18(26-19)20(23)22(2)12-14-6-4-3-5-7-14/h3-11H,12H2,1-2H3. The molecule has 1 amide bonds. The van der Waals surface area contributed by atoms with Gasteiger partial charge in [0.05, 0.1) is 15.0 Å².